The zero-order valence-corrected chi connectivity index (χ0v) is 8.33. The van der Waals surface area contributed by atoms with Gasteiger partial charge in [-0.25, -0.2) is 0 Å². The van der Waals surface area contributed by atoms with E-state index in [1.54, 1.807) is 0 Å². The zero-order chi connectivity index (χ0) is 9.42. The molecular formula is C10H17N3. The zero-order valence-electron chi connectivity index (χ0n) is 8.33. The van der Waals surface area contributed by atoms with Gasteiger partial charge in [-0.05, 0) is 25.2 Å². The van der Waals surface area contributed by atoms with Crippen molar-refractivity contribution in [2.24, 2.45) is 11.8 Å². The molecule has 0 unspecified atom stereocenters. The summed E-state index contributed by atoms with van der Waals surface area (Å²) in [7, 11) is 0. The Balaban J connectivity index is 2.04. The molecule has 13 heavy (non-hydrogen) atoms. The van der Waals surface area contributed by atoms with E-state index >= 15 is 0 Å². The highest BCUT2D eigenvalue weighted by molar-refractivity contribution is 5.28. The number of aromatic nitrogens is 2. The third-order valence-corrected chi connectivity index (χ3v) is 3.21. The largest absolute Gasteiger partial charge is 0.382 e. The van der Waals surface area contributed by atoms with Crippen LogP contribution in [-0.4, -0.2) is 9.78 Å². The normalized spacial score (nSPS) is 27.2. The SMILES string of the molecule is Cc1cc(N)nn1C[C@H]1CC[C@@H]1C. The number of rotatable bonds is 2. The van der Waals surface area contributed by atoms with Crippen molar-refractivity contribution in [2.45, 2.75) is 33.2 Å². The van der Waals surface area contributed by atoms with Gasteiger partial charge in [0.15, 0.2) is 0 Å². The van der Waals surface area contributed by atoms with Crippen LogP contribution in [0.1, 0.15) is 25.5 Å². The molecule has 0 aliphatic heterocycles. The molecule has 1 heterocycles. The van der Waals surface area contributed by atoms with Gasteiger partial charge in [0.1, 0.15) is 5.82 Å². The Morgan fingerprint density at radius 2 is 2.38 bits per heavy atom. The molecular weight excluding hydrogens is 162 g/mol. The number of hydrogen-bond donors (Lipinski definition) is 1. The molecule has 0 saturated heterocycles. The summed E-state index contributed by atoms with van der Waals surface area (Å²) in [5.74, 6) is 2.33. The molecule has 1 aliphatic rings. The lowest BCUT2D eigenvalue weighted by atomic mass is 9.75. The molecule has 1 aromatic rings. The second kappa shape index (κ2) is 3.05. The molecule has 0 amide bonds. The molecule has 3 nitrogen and oxygen atoms in total. The van der Waals surface area contributed by atoms with Crippen LogP contribution in [0.3, 0.4) is 0 Å². The molecule has 1 aromatic heterocycles. The summed E-state index contributed by atoms with van der Waals surface area (Å²) in [4.78, 5) is 0. The standard InChI is InChI=1S/C10H17N3/c1-7-3-4-9(7)6-13-8(2)5-10(11)12-13/h5,7,9H,3-4,6H2,1-2H3,(H2,11,12)/t7-,9+/m0/s1. The van der Waals surface area contributed by atoms with Crippen LogP contribution in [0.2, 0.25) is 0 Å². The fourth-order valence-electron chi connectivity index (χ4n) is 1.95. The van der Waals surface area contributed by atoms with Crippen molar-refractivity contribution in [3.63, 3.8) is 0 Å². The maximum absolute atomic E-state index is 5.62. The van der Waals surface area contributed by atoms with Crippen LogP contribution >= 0.6 is 0 Å². The first-order chi connectivity index (χ1) is 6.16. The van der Waals surface area contributed by atoms with E-state index < -0.39 is 0 Å². The smallest absolute Gasteiger partial charge is 0.145 e. The Morgan fingerprint density at radius 1 is 1.62 bits per heavy atom. The van der Waals surface area contributed by atoms with Gasteiger partial charge in [0.05, 0.1) is 0 Å². The van der Waals surface area contributed by atoms with Gasteiger partial charge in [0.2, 0.25) is 0 Å². The lowest BCUT2D eigenvalue weighted by Crippen LogP contribution is -2.28. The van der Waals surface area contributed by atoms with Crippen LogP contribution in [0, 0.1) is 18.8 Å². The Bertz CT molecular complexity index is 303. The van der Waals surface area contributed by atoms with Crippen LogP contribution < -0.4 is 5.73 Å². The minimum absolute atomic E-state index is 0.643. The Labute approximate surface area is 78.9 Å². The molecule has 1 fully saturated rings. The van der Waals surface area contributed by atoms with E-state index in [4.69, 9.17) is 5.73 Å². The Hall–Kier alpha value is -0.990. The molecule has 0 radical (unpaired) electrons. The van der Waals surface area contributed by atoms with Crippen LogP contribution in [-0.2, 0) is 6.54 Å². The molecule has 2 rings (SSSR count). The molecule has 0 aromatic carbocycles. The first-order valence-corrected chi connectivity index (χ1v) is 4.96. The summed E-state index contributed by atoms with van der Waals surface area (Å²) >= 11 is 0. The number of nitrogens with two attached hydrogens (primary N) is 1. The van der Waals surface area contributed by atoms with Crippen molar-refractivity contribution in [3.05, 3.63) is 11.8 Å². The van der Waals surface area contributed by atoms with E-state index in [1.807, 2.05) is 10.7 Å². The van der Waals surface area contributed by atoms with Gasteiger partial charge in [0.25, 0.3) is 0 Å². The number of nitrogen functional groups attached to an aromatic ring is 1. The van der Waals surface area contributed by atoms with Gasteiger partial charge in [-0.3, -0.25) is 4.68 Å². The van der Waals surface area contributed by atoms with Crippen molar-refractivity contribution in [3.8, 4) is 0 Å². The predicted octanol–water partition coefficient (Wildman–Crippen LogP) is 1.82. The molecule has 2 N–H and O–H groups in total. The fraction of sp³-hybridized carbons (Fsp3) is 0.700. The van der Waals surface area contributed by atoms with Crippen LogP contribution in [0.5, 0.6) is 0 Å². The minimum atomic E-state index is 0.643. The van der Waals surface area contributed by atoms with Crippen molar-refractivity contribution in [1.29, 1.82) is 0 Å². The highest BCUT2D eigenvalue weighted by atomic mass is 15.3. The molecule has 1 aliphatic carbocycles. The maximum atomic E-state index is 5.62. The van der Waals surface area contributed by atoms with Crippen LogP contribution in [0.25, 0.3) is 0 Å². The lowest BCUT2D eigenvalue weighted by Gasteiger charge is -2.33. The van der Waals surface area contributed by atoms with E-state index in [0.29, 0.717) is 5.82 Å². The van der Waals surface area contributed by atoms with Crippen molar-refractivity contribution in [1.82, 2.24) is 9.78 Å². The van der Waals surface area contributed by atoms with Gasteiger partial charge in [-0.2, -0.15) is 5.10 Å². The van der Waals surface area contributed by atoms with Crippen LogP contribution in [0.15, 0.2) is 6.07 Å². The van der Waals surface area contributed by atoms with Crippen LogP contribution in [0.4, 0.5) is 5.82 Å². The van der Waals surface area contributed by atoms with Gasteiger partial charge < -0.3 is 5.73 Å². The molecule has 0 bridgehead atoms. The average molecular weight is 179 g/mol. The van der Waals surface area contributed by atoms with Crippen molar-refractivity contribution >= 4 is 5.82 Å². The third-order valence-electron chi connectivity index (χ3n) is 3.21. The average Bonchev–Trinajstić information content (AvgIpc) is 2.38. The summed E-state index contributed by atoms with van der Waals surface area (Å²) < 4.78 is 2.04. The van der Waals surface area contributed by atoms with Gasteiger partial charge >= 0.3 is 0 Å². The summed E-state index contributed by atoms with van der Waals surface area (Å²) in [5.41, 5.74) is 6.79. The fourth-order valence-corrected chi connectivity index (χ4v) is 1.95. The first-order valence-electron chi connectivity index (χ1n) is 4.96. The second-order valence-corrected chi connectivity index (χ2v) is 4.21. The number of hydrogen-bond acceptors (Lipinski definition) is 2. The molecule has 72 valence electrons. The number of anilines is 1. The topological polar surface area (TPSA) is 43.8 Å². The molecule has 1 saturated carbocycles. The quantitative estimate of drug-likeness (QED) is 0.752. The molecule has 2 atom stereocenters. The summed E-state index contributed by atoms with van der Waals surface area (Å²) in [5, 5.41) is 4.26. The van der Waals surface area contributed by atoms with Gasteiger partial charge in [0, 0.05) is 18.3 Å². The predicted molar refractivity (Wildman–Crippen MR) is 53.3 cm³/mol. The Kier molecular flexibility index (Phi) is 2.02. The van der Waals surface area contributed by atoms with Gasteiger partial charge in [-0.15, -0.1) is 0 Å². The highest BCUT2D eigenvalue weighted by Crippen LogP contribution is 2.34. The van der Waals surface area contributed by atoms with E-state index in [1.165, 1.54) is 18.5 Å². The Morgan fingerprint density at radius 3 is 2.77 bits per heavy atom. The van der Waals surface area contributed by atoms with E-state index in [2.05, 4.69) is 18.9 Å². The third kappa shape index (κ3) is 1.55. The lowest BCUT2D eigenvalue weighted by molar-refractivity contribution is 0.164. The molecule has 0 spiro atoms. The summed E-state index contributed by atoms with van der Waals surface area (Å²) in [6.07, 6.45) is 2.72. The van der Waals surface area contributed by atoms with E-state index in [-0.39, 0.29) is 0 Å². The summed E-state index contributed by atoms with van der Waals surface area (Å²) in [6, 6.07) is 1.93. The number of nitrogens with zero attached hydrogens (tertiary/aromatic N) is 2. The first kappa shape index (κ1) is 8.60. The van der Waals surface area contributed by atoms with E-state index in [0.717, 1.165) is 18.4 Å². The minimum Gasteiger partial charge on any atom is -0.382 e. The van der Waals surface area contributed by atoms with Gasteiger partial charge in [-0.1, -0.05) is 13.3 Å². The summed E-state index contributed by atoms with van der Waals surface area (Å²) in [6.45, 7) is 5.42. The number of aryl methyl sites for hydroxylation is 1. The van der Waals surface area contributed by atoms with Crippen molar-refractivity contribution in [2.75, 3.05) is 5.73 Å². The highest BCUT2D eigenvalue weighted by Gasteiger charge is 2.27. The van der Waals surface area contributed by atoms with E-state index in [9.17, 15) is 0 Å². The van der Waals surface area contributed by atoms with Crippen molar-refractivity contribution < 1.29 is 0 Å². The maximum Gasteiger partial charge on any atom is 0.145 e. The second-order valence-electron chi connectivity index (χ2n) is 4.21. The molecule has 3 heteroatoms. The monoisotopic (exact) mass is 179 g/mol.